The van der Waals surface area contributed by atoms with E-state index < -0.39 is 0 Å². The highest BCUT2D eigenvalue weighted by Crippen LogP contribution is 2.21. The first kappa shape index (κ1) is 25.4. The maximum Gasteiger partial charge on any atom is 0.343 e. The molecule has 0 radical (unpaired) electrons. The fourth-order valence-electron chi connectivity index (χ4n) is 4.39. The number of carbonyl (C=O) groups is 1. The molecule has 0 atom stereocenters. The van der Waals surface area contributed by atoms with Gasteiger partial charge in [-0.15, -0.1) is 0 Å². The summed E-state index contributed by atoms with van der Waals surface area (Å²) in [5.41, 5.74) is 3.77. The van der Waals surface area contributed by atoms with Gasteiger partial charge in [-0.2, -0.15) is 0 Å². The number of imidazole rings is 1. The van der Waals surface area contributed by atoms with Crippen molar-refractivity contribution in [2.75, 3.05) is 0 Å². The van der Waals surface area contributed by atoms with Crippen molar-refractivity contribution in [1.82, 2.24) is 4.57 Å². The molecule has 3 aromatic carbocycles. The molecule has 0 aliphatic carbocycles. The van der Waals surface area contributed by atoms with Crippen LogP contribution in [-0.4, -0.2) is 10.5 Å². The Balaban J connectivity index is 1.24. The van der Waals surface area contributed by atoms with Crippen molar-refractivity contribution >= 4 is 5.97 Å². The van der Waals surface area contributed by atoms with Gasteiger partial charge in [-0.05, 0) is 60.4 Å². The minimum absolute atomic E-state index is 0.355. The molecule has 1 aromatic heterocycles. The summed E-state index contributed by atoms with van der Waals surface area (Å²) in [5.74, 6) is 0.182. The summed E-state index contributed by atoms with van der Waals surface area (Å²) >= 11 is 0. The van der Waals surface area contributed by atoms with Crippen molar-refractivity contribution in [2.45, 2.75) is 64.8 Å². The van der Waals surface area contributed by atoms with Crippen LogP contribution >= 0.6 is 0 Å². The molecule has 0 spiro atoms. The van der Waals surface area contributed by atoms with E-state index in [1.807, 2.05) is 66.7 Å². The van der Waals surface area contributed by atoms with Crippen LogP contribution in [0.4, 0.5) is 0 Å². The van der Waals surface area contributed by atoms with Gasteiger partial charge in [0.15, 0.2) is 0 Å². The molecule has 4 rings (SSSR count). The van der Waals surface area contributed by atoms with Crippen LogP contribution in [-0.2, 0) is 6.54 Å². The Kier molecular flexibility index (Phi) is 9.49. The lowest BCUT2D eigenvalue weighted by molar-refractivity contribution is -0.696. The monoisotopic (exact) mass is 481 g/mol. The molecule has 4 heteroatoms. The lowest BCUT2D eigenvalue weighted by Gasteiger charge is -2.06. The average molecular weight is 482 g/mol. The van der Waals surface area contributed by atoms with Crippen molar-refractivity contribution in [3.05, 3.63) is 103 Å². The second kappa shape index (κ2) is 13.4. The molecular weight excluding hydrogens is 444 g/mol. The quantitative estimate of drug-likeness (QED) is 0.0845. The lowest BCUT2D eigenvalue weighted by Crippen LogP contribution is -2.30. The zero-order valence-corrected chi connectivity index (χ0v) is 21.3. The number of hydrogen-bond donors (Lipinski definition) is 0. The topological polar surface area (TPSA) is 35.1 Å². The molecule has 0 unspecified atom stereocenters. The van der Waals surface area contributed by atoms with Crippen molar-refractivity contribution in [3.63, 3.8) is 0 Å². The molecule has 0 fully saturated rings. The zero-order chi connectivity index (χ0) is 25.0. The SMILES string of the molecule is CCCCCCCCCC[n+]1ccn(-c2ccc(OC(=O)c3ccc(-c4ccccc4)cc3)cc2)c1. The number of carbonyl (C=O) groups excluding carboxylic acids is 1. The number of aromatic nitrogens is 2. The van der Waals surface area contributed by atoms with Crippen LogP contribution in [0.15, 0.2) is 97.6 Å². The third kappa shape index (κ3) is 7.42. The van der Waals surface area contributed by atoms with E-state index in [0.29, 0.717) is 11.3 Å². The van der Waals surface area contributed by atoms with E-state index in [4.69, 9.17) is 4.74 Å². The maximum absolute atomic E-state index is 12.6. The molecule has 0 aliphatic rings. The van der Waals surface area contributed by atoms with Crippen LogP contribution < -0.4 is 9.30 Å². The van der Waals surface area contributed by atoms with Gasteiger partial charge < -0.3 is 4.74 Å². The van der Waals surface area contributed by atoms with E-state index in [2.05, 4.69) is 46.9 Å². The molecular formula is C32H37N2O2+. The van der Waals surface area contributed by atoms with Crippen LogP contribution in [0, 0.1) is 0 Å². The van der Waals surface area contributed by atoms with Gasteiger partial charge >= 0.3 is 5.97 Å². The van der Waals surface area contributed by atoms with E-state index in [1.165, 1.54) is 51.4 Å². The Morgan fingerprint density at radius 1 is 0.750 bits per heavy atom. The predicted octanol–water partition coefficient (Wildman–Crippen LogP) is 7.79. The van der Waals surface area contributed by atoms with E-state index in [9.17, 15) is 4.79 Å². The fraction of sp³-hybridized carbons (Fsp3) is 0.312. The molecule has 0 saturated heterocycles. The number of hydrogen-bond acceptors (Lipinski definition) is 2. The zero-order valence-electron chi connectivity index (χ0n) is 21.3. The second-order valence-electron chi connectivity index (χ2n) is 9.36. The predicted molar refractivity (Wildman–Crippen MR) is 145 cm³/mol. The summed E-state index contributed by atoms with van der Waals surface area (Å²) in [7, 11) is 0. The van der Waals surface area contributed by atoms with Crippen LogP contribution in [0.3, 0.4) is 0 Å². The van der Waals surface area contributed by atoms with Gasteiger partial charge in [-0.25, -0.2) is 13.9 Å². The third-order valence-corrected chi connectivity index (χ3v) is 6.53. The summed E-state index contributed by atoms with van der Waals surface area (Å²) in [6, 6.07) is 25.3. The van der Waals surface area contributed by atoms with E-state index in [-0.39, 0.29) is 5.97 Å². The molecule has 36 heavy (non-hydrogen) atoms. The molecule has 0 aliphatic heterocycles. The Morgan fingerprint density at radius 2 is 1.39 bits per heavy atom. The summed E-state index contributed by atoms with van der Waals surface area (Å²) in [6.45, 7) is 3.31. The van der Waals surface area contributed by atoms with Gasteiger partial charge in [-0.1, -0.05) is 87.9 Å². The summed E-state index contributed by atoms with van der Waals surface area (Å²) in [4.78, 5) is 12.6. The van der Waals surface area contributed by atoms with Crippen molar-refractivity contribution in [3.8, 4) is 22.6 Å². The van der Waals surface area contributed by atoms with E-state index in [1.54, 1.807) is 0 Å². The second-order valence-corrected chi connectivity index (χ2v) is 9.36. The van der Waals surface area contributed by atoms with E-state index >= 15 is 0 Å². The van der Waals surface area contributed by atoms with Crippen molar-refractivity contribution in [2.24, 2.45) is 0 Å². The lowest BCUT2D eigenvalue weighted by atomic mass is 10.0. The molecule has 4 nitrogen and oxygen atoms in total. The Morgan fingerprint density at radius 3 is 2.08 bits per heavy atom. The van der Waals surface area contributed by atoms with Gasteiger partial charge in [0, 0.05) is 0 Å². The Bertz CT molecular complexity index is 1200. The number of nitrogens with zero attached hydrogens (tertiary/aromatic N) is 2. The van der Waals surface area contributed by atoms with Gasteiger partial charge in [0.05, 0.1) is 12.1 Å². The first-order valence-electron chi connectivity index (χ1n) is 13.3. The average Bonchev–Trinajstić information content (AvgIpc) is 3.40. The smallest absolute Gasteiger partial charge is 0.343 e. The minimum Gasteiger partial charge on any atom is -0.423 e. The largest absolute Gasteiger partial charge is 0.423 e. The highest BCUT2D eigenvalue weighted by molar-refractivity contribution is 5.91. The highest BCUT2D eigenvalue weighted by Gasteiger charge is 2.11. The van der Waals surface area contributed by atoms with E-state index in [0.717, 1.165) is 23.4 Å². The Labute approximate surface area is 215 Å². The normalized spacial score (nSPS) is 10.9. The first-order chi connectivity index (χ1) is 17.7. The number of benzene rings is 3. The number of aryl methyl sites for hydroxylation is 1. The molecule has 0 saturated carbocycles. The first-order valence-corrected chi connectivity index (χ1v) is 13.3. The van der Waals surface area contributed by atoms with Gasteiger partial charge in [0.25, 0.3) is 0 Å². The van der Waals surface area contributed by atoms with Crippen LogP contribution in [0.2, 0.25) is 0 Å². The summed E-state index contributed by atoms with van der Waals surface area (Å²) in [5, 5.41) is 0. The fourth-order valence-corrected chi connectivity index (χ4v) is 4.39. The molecule has 4 aromatic rings. The van der Waals surface area contributed by atoms with Crippen molar-refractivity contribution in [1.29, 1.82) is 0 Å². The minimum atomic E-state index is -0.355. The number of ether oxygens (including phenoxy) is 1. The van der Waals surface area contributed by atoms with Gasteiger partial charge in [0.2, 0.25) is 6.33 Å². The molecule has 0 N–H and O–H groups in total. The number of rotatable bonds is 13. The molecule has 1 heterocycles. The molecule has 0 amide bonds. The standard InChI is InChI=1S/C32H37N2O2/c1-2-3-4-5-6-7-8-12-23-33-24-25-34(26-33)30-19-21-31(22-20-30)36-32(35)29-17-15-28(16-18-29)27-13-10-9-11-14-27/h9-11,13-22,24-26H,2-8,12,23H2,1H3/q+1. The highest BCUT2D eigenvalue weighted by atomic mass is 16.5. The molecule has 0 bridgehead atoms. The third-order valence-electron chi connectivity index (χ3n) is 6.53. The van der Waals surface area contributed by atoms with Crippen LogP contribution in [0.5, 0.6) is 5.75 Å². The Hall–Kier alpha value is -3.66. The summed E-state index contributed by atoms with van der Waals surface area (Å²) in [6.07, 6.45) is 17.0. The van der Waals surface area contributed by atoms with Gasteiger partial charge in [0.1, 0.15) is 23.8 Å². The van der Waals surface area contributed by atoms with Crippen LogP contribution in [0.25, 0.3) is 16.8 Å². The summed E-state index contributed by atoms with van der Waals surface area (Å²) < 4.78 is 9.93. The van der Waals surface area contributed by atoms with Crippen LogP contribution in [0.1, 0.15) is 68.6 Å². The molecule has 186 valence electrons. The van der Waals surface area contributed by atoms with Gasteiger partial charge in [-0.3, -0.25) is 0 Å². The number of unbranched alkanes of at least 4 members (excludes halogenated alkanes) is 7. The maximum atomic E-state index is 12.6. The van der Waals surface area contributed by atoms with Crippen molar-refractivity contribution < 1.29 is 14.1 Å². The number of esters is 1.